The molecule has 1 fully saturated rings. The smallest absolute Gasteiger partial charge is 0.272 e. The fourth-order valence-electron chi connectivity index (χ4n) is 2.20. The van der Waals surface area contributed by atoms with Crippen molar-refractivity contribution in [1.82, 2.24) is 0 Å². The van der Waals surface area contributed by atoms with Crippen LogP contribution in [-0.2, 0) is 0 Å². The summed E-state index contributed by atoms with van der Waals surface area (Å²) in [6.07, 6.45) is 6.25. The number of benzene rings is 1. The van der Waals surface area contributed by atoms with Crippen LogP contribution in [0.25, 0.3) is 0 Å². The van der Waals surface area contributed by atoms with Gasteiger partial charge < -0.3 is 0 Å². The van der Waals surface area contributed by atoms with Crippen LogP contribution in [0.1, 0.15) is 25.7 Å². The maximum Gasteiger partial charge on any atom is 0.301 e. The van der Waals surface area contributed by atoms with Crippen LogP contribution in [-0.4, -0.2) is 16.1 Å². The average Bonchev–Trinajstić information content (AvgIpc) is 2.91. The monoisotopic (exact) mass is 278 g/mol. The maximum absolute atomic E-state index is 10.9. The van der Waals surface area contributed by atoms with Gasteiger partial charge in [0, 0.05) is 12.3 Å². The lowest BCUT2D eigenvalue weighted by molar-refractivity contribution is -0.393. The predicted molar refractivity (Wildman–Crippen MR) is 73.8 cm³/mol. The first kappa shape index (κ1) is 13.9. The highest BCUT2D eigenvalue weighted by molar-refractivity contribution is 5.68. The van der Waals surface area contributed by atoms with Gasteiger partial charge in [0.05, 0.1) is 15.9 Å². The van der Waals surface area contributed by atoms with Gasteiger partial charge in [0.25, 0.3) is 5.69 Å². The number of hydrogen-bond acceptors (Lipinski definition) is 6. The molecule has 0 atom stereocenters. The van der Waals surface area contributed by atoms with Crippen molar-refractivity contribution in [2.45, 2.75) is 25.7 Å². The van der Waals surface area contributed by atoms with E-state index in [9.17, 15) is 20.2 Å². The van der Waals surface area contributed by atoms with E-state index in [1.54, 1.807) is 6.21 Å². The van der Waals surface area contributed by atoms with Gasteiger partial charge >= 0.3 is 5.69 Å². The summed E-state index contributed by atoms with van der Waals surface area (Å²) in [6, 6.07) is 3.43. The highest BCUT2D eigenvalue weighted by atomic mass is 16.6. The second kappa shape index (κ2) is 6.09. The first-order valence-corrected chi connectivity index (χ1v) is 6.30. The molecule has 106 valence electrons. The molecule has 1 N–H and O–H groups in total. The van der Waals surface area contributed by atoms with Gasteiger partial charge in [-0.3, -0.25) is 25.7 Å². The van der Waals surface area contributed by atoms with Crippen molar-refractivity contribution in [3.05, 3.63) is 38.4 Å². The van der Waals surface area contributed by atoms with E-state index in [1.165, 1.54) is 25.0 Å². The average molecular weight is 278 g/mol. The van der Waals surface area contributed by atoms with Gasteiger partial charge in [-0.15, -0.1) is 0 Å². The van der Waals surface area contributed by atoms with E-state index >= 15 is 0 Å². The summed E-state index contributed by atoms with van der Waals surface area (Å²) in [6.45, 7) is 0. The summed E-state index contributed by atoms with van der Waals surface area (Å²) in [4.78, 5) is 20.2. The Balaban J connectivity index is 2.13. The fourth-order valence-corrected chi connectivity index (χ4v) is 2.20. The Morgan fingerprint density at radius 2 is 1.90 bits per heavy atom. The van der Waals surface area contributed by atoms with Crippen LogP contribution in [0.4, 0.5) is 17.1 Å². The molecule has 0 heterocycles. The molecule has 1 saturated carbocycles. The number of nitrogens with zero attached hydrogens (tertiary/aromatic N) is 3. The Kier molecular flexibility index (Phi) is 4.24. The molecule has 0 aliphatic heterocycles. The van der Waals surface area contributed by atoms with E-state index in [2.05, 4.69) is 10.5 Å². The lowest BCUT2D eigenvalue weighted by Gasteiger charge is -2.03. The molecule has 0 aromatic heterocycles. The number of nitro groups is 2. The normalized spacial score (nSPS) is 15.6. The highest BCUT2D eigenvalue weighted by Crippen LogP contribution is 2.29. The van der Waals surface area contributed by atoms with Crippen LogP contribution < -0.4 is 5.43 Å². The molecule has 20 heavy (non-hydrogen) atoms. The largest absolute Gasteiger partial charge is 0.301 e. The Hall–Kier alpha value is -2.51. The zero-order valence-electron chi connectivity index (χ0n) is 10.7. The molecule has 1 aromatic carbocycles. The van der Waals surface area contributed by atoms with Gasteiger partial charge in [-0.2, -0.15) is 5.10 Å². The van der Waals surface area contributed by atoms with E-state index in [1.807, 2.05) is 0 Å². The molecule has 1 aromatic rings. The third-order valence-electron chi connectivity index (χ3n) is 3.26. The topological polar surface area (TPSA) is 111 Å². The van der Waals surface area contributed by atoms with Crippen molar-refractivity contribution in [1.29, 1.82) is 0 Å². The van der Waals surface area contributed by atoms with Gasteiger partial charge in [-0.05, 0) is 24.8 Å². The zero-order valence-corrected chi connectivity index (χ0v) is 10.7. The van der Waals surface area contributed by atoms with Gasteiger partial charge in [-0.25, -0.2) is 0 Å². The van der Waals surface area contributed by atoms with E-state index < -0.39 is 9.85 Å². The standard InChI is InChI=1S/C12H14N4O4/c17-15(18)10-5-6-11(12(7-10)16(19)20)14-13-8-9-3-1-2-4-9/h5-9,14H,1-4H2. The number of nitrogens with one attached hydrogen (secondary N) is 1. The van der Waals surface area contributed by atoms with E-state index in [0.717, 1.165) is 18.9 Å². The van der Waals surface area contributed by atoms with Gasteiger partial charge in [0.15, 0.2) is 0 Å². The van der Waals surface area contributed by atoms with Crippen LogP contribution in [0.2, 0.25) is 0 Å². The Bertz CT molecular complexity index is 552. The number of non-ortho nitro benzene ring substituents is 1. The maximum atomic E-state index is 10.9. The van der Waals surface area contributed by atoms with Crippen molar-refractivity contribution >= 4 is 23.3 Å². The summed E-state index contributed by atoms with van der Waals surface area (Å²) in [5.74, 6) is 0.402. The molecule has 0 spiro atoms. The first-order chi connectivity index (χ1) is 9.58. The molecular weight excluding hydrogens is 264 g/mol. The molecule has 2 rings (SSSR count). The van der Waals surface area contributed by atoms with Crippen molar-refractivity contribution in [3.8, 4) is 0 Å². The molecular formula is C12H14N4O4. The van der Waals surface area contributed by atoms with Crippen LogP contribution >= 0.6 is 0 Å². The molecule has 0 amide bonds. The lowest BCUT2D eigenvalue weighted by atomic mass is 10.1. The Morgan fingerprint density at radius 3 is 2.50 bits per heavy atom. The second-order valence-corrected chi connectivity index (χ2v) is 4.65. The third kappa shape index (κ3) is 3.28. The van der Waals surface area contributed by atoms with Crippen LogP contribution in [0.3, 0.4) is 0 Å². The van der Waals surface area contributed by atoms with E-state index in [4.69, 9.17) is 0 Å². The predicted octanol–water partition coefficient (Wildman–Crippen LogP) is 3.09. The fraction of sp³-hybridized carbons (Fsp3) is 0.417. The van der Waals surface area contributed by atoms with Gasteiger partial charge in [0.1, 0.15) is 5.69 Å². The number of rotatable bonds is 5. The molecule has 1 aliphatic rings. The second-order valence-electron chi connectivity index (χ2n) is 4.65. The molecule has 0 unspecified atom stereocenters. The number of hydrogen-bond donors (Lipinski definition) is 1. The minimum atomic E-state index is -0.668. The van der Waals surface area contributed by atoms with E-state index in [-0.39, 0.29) is 17.1 Å². The number of anilines is 1. The quantitative estimate of drug-likeness (QED) is 0.505. The van der Waals surface area contributed by atoms with Gasteiger partial charge in [0.2, 0.25) is 0 Å². The molecule has 0 radical (unpaired) electrons. The summed E-state index contributed by atoms with van der Waals surface area (Å²) in [7, 11) is 0. The summed E-state index contributed by atoms with van der Waals surface area (Å²) < 4.78 is 0. The van der Waals surface area contributed by atoms with Crippen molar-refractivity contribution in [3.63, 3.8) is 0 Å². The number of nitro benzene ring substituents is 2. The SMILES string of the molecule is O=[N+]([O-])c1ccc(NN=CC2CCCC2)c([N+](=O)[O-])c1. The zero-order chi connectivity index (χ0) is 14.5. The third-order valence-corrected chi connectivity index (χ3v) is 3.26. The lowest BCUT2D eigenvalue weighted by Crippen LogP contribution is -2.01. The summed E-state index contributed by atoms with van der Waals surface area (Å²) in [5, 5.41) is 25.5. The Morgan fingerprint density at radius 1 is 1.20 bits per heavy atom. The molecule has 0 bridgehead atoms. The Labute approximate surface area is 114 Å². The van der Waals surface area contributed by atoms with Crippen molar-refractivity contribution in [2.24, 2.45) is 11.0 Å². The van der Waals surface area contributed by atoms with E-state index in [0.29, 0.717) is 5.92 Å². The minimum Gasteiger partial charge on any atom is -0.272 e. The molecule has 0 saturated heterocycles. The van der Waals surface area contributed by atoms with Crippen LogP contribution in [0.5, 0.6) is 0 Å². The number of hydrazone groups is 1. The highest BCUT2D eigenvalue weighted by Gasteiger charge is 2.19. The summed E-state index contributed by atoms with van der Waals surface area (Å²) >= 11 is 0. The molecule has 8 nitrogen and oxygen atoms in total. The molecule has 1 aliphatic carbocycles. The van der Waals surface area contributed by atoms with Crippen molar-refractivity contribution in [2.75, 3.05) is 5.43 Å². The summed E-state index contributed by atoms with van der Waals surface area (Å²) in [5.41, 5.74) is 2.06. The van der Waals surface area contributed by atoms with Gasteiger partial charge in [-0.1, -0.05) is 12.8 Å². The molecule has 8 heteroatoms. The minimum absolute atomic E-state index is 0.148. The van der Waals surface area contributed by atoms with Crippen LogP contribution in [0.15, 0.2) is 23.3 Å². The first-order valence-electron chi connectivity index (χ1n) is 6.30. The van der Waals surface area contributed by atoms with Crippen molar-refractivity contribution < 1.29 is 9.85 Å². The van der Waals surface area contributed by atoms with Crippen LogP contribution in [0, 0.1) is 26.1 Å².